The second-order valence-corrected chi connectivity index (χ2v) is 4.47. The Kier molecular flexibility index (Phi) is 5.96. The Balaban J connectivity index is 2.43. The Bertz CT molecular complexity index is 175. The van der Waals surface area contributed by atoms with Gasteiger partial charge >= 0.3 is 0 Å². The van der Waals surface area contributed by atoms with Crippen LogP contribution in [0.25, 0.3) is 0 Å². The quantitative estimate of drug-likeness (QED) is 0.588. The summed E-state index contributed by atoms with van der Waals surface area (Å²) in [6, 6.07) is 1.55. The van der Waals surface area contributed by atoms with Gasteiger partial charge < -0.3 is 5.32 Å². The summed E-state index contributed by atoms with van der Waals surface area (Å²) in [6.45, 7) is 11.6. The minimum absolute atomic E-state index is 0.709. The van der Waals surface area contributed by atoms with Crippen LogP contribution in [0.15, 0.2) is 12.7 Å². The lowest BCUT2D eigenvalue weighted by Gasteiger charge is -2.31. The fourth-order valence-electron chi connectivity index (χ4n) is 2.18. The summed E-state index contributed by atoms with van der Waals surface area (Å²) in [6.07, 6.45) is 7.40. The maximum absolute atomic E-state index is 3.87. The van der Waals surface area contributed by atoms with Gasteiger partial charge in [0.15, 0.2) is 0 Å². The number of rotatable bonds is 9. The van der Waals surface area contributed by atoms with Crippen LogP contribution in [0, 0.1) is 0 Å². The van der Waals surface area contributed by atoms with Crippen molar-refractivity contribution < 1.29 is 0 Å². The van der Waals surface area contributed by atoms with Crippen molar-refractivity contribution in [3.63, 3.8) is 0 Å². The molecule has 1 unspecified atom stereocenters. The molecule has 0 amide bonds. The van der Waals surface area contributed by atoms with Crippen molar-refractivity contribution in [2.24, 2.45) is 0 Å². The van der Waals surface area contributed by atoms with Gasteiger partial charge in [-0.2, -0.15) is 0 Å². The molecule has 1 rings (SSSR count). The largest absolute Gasteiger partial charge is 0.315 e. The van der Waals surface area contributed by atoms with E-state index in [0.717, 1.165) is 25.7 Å². The van der Waals surface area contributed by atoms with Crippen molar-refractivity contribution in [1.29, 1.82) is 0 Å². The third-order valence-corrected chi connectivity index (χ3v) is 3.08. The standard InChI is InChI=1S/C13H26N2/c1-4-7-13(11-14-6-3)15(10-5-2)12-8-9-12/h5,12-14H,2,4,6-11H2,1,3H3. The van der Waals surface area contributed by atoms with E-state index in [4.69, 9.17) is 0 Å². The molecule has 0 aliphatic heterocycles. The van der Waals surface area contributed by atoms with Gasteiger partial charge in [0.05, 0.1) is 0 Å². The van der Waals surface area contributed by atoms with E-state index < -0.39 is 0 Å². The van der Waals surface area contributed by atoms with E-state index >= 15 is 0 Å². The molecular weight excluding hydrogens is 184 g/mol. The van der Waals surface area contributed by atoms with E-state index in [1.165, 1.54) is 25.7 Å². The van der Waals surface area contributed by atoms with Crippen LogP contribution >= 0.6 is 0 Å². The number of nitrogens with one attached hydrogen (secondary N) is 1. The summed E-state index contributed by atoms with van der Waals surface area (Å²) in [5.41, 5.74) is 0. The SMILES string of the molecule is C=CCN(C1CC1)C(CCC)CNCC. The topological polar surface area (TPSA) is 15.3 Å². The smallest absolute Gasteiger partial charge is 0.0226 e. The summed E-state index contributed by atoms with van der Waals surface area (Å²) >= 11 is 0. The molecule has 15 heavy (non-hydrogen) atoms. The molecule has 2 heteroatoms. The van der Waals surface area contributed by atoms with Gasteiger partial charge in [0, 0.05) is 25.2 Å². The van der Waals surface area contributed by atoms with Gasteiger partial charge in [0.1, 0.15) is 0 Å². The second kappa shape index (κ2) is 7.02. The molecule has 1 aliphatic carbocycles. The summed E-state index contributed by atoms with van der Waals surface area (Å²) in [5, 5.41) is 3.48. The Labute approximate surface area is 94.7 Å². The third kappa shape index (κ3) is 4.35. The number of nitrogens with zero attached hydrogens (tertiary/aromatic N) is 1. The summed E-state index contributed by atoms with van der Waals surface area (Å²) in [5.74, 6) is 0. The molecule has 2 nitrogen and oxygen atoms in total. The molecule has 1 aliphatic rings. The van der Waals surface area contributed by atoms with Crippen molar-refractivity contribution in [2.75, 3.05) is 19.6 Å². The van der Waals surface area contributed by atoms with Gasteiger partial charge in [-0.3, -0.25) is 4.90 Å². The average molecular weight is 210 g/mol. The predicted octanol–water partition coefficient (Wildman–Crippen LogP) is 2.42. The van der Waals surface area contributed by atoms with E-state index in [9.17, 15) is 0 Å². The zero-order chi connectivity index (χ0) is 11.1. The van der Waals surface area contributed by atoms with Crippen LogP contribution in [0.2, 0.25) is 0 Å². The van der Waals surface area contributed by atoms with Crippen molar-refractivity contribution in [3.8, 4) is 0 Å². The molecule has 1 saturated carbocycles. The van der Waals surface area contributed by atoms with E-state index in [2.05, 4.69) is 30.6 Å². The number of hydrogen-bond acceptors (Lipinski definition) is 2. The molecule has 1 atom stereocenters. The minimum Gasteiger partial charge on any atom is -0.315 e. The lowest BCUT2D eigenvalue weighted by molar-refractivity contribution is 0.191. The van der Waals surface area contributed by atoms with E-state index in [1.54, 1.807) is 0 Å². The lowest BCUT2D eigenvalue weighted by Crippen LogP contribution is -2.43. The van der Waals surface area contributed by atoms with Gasteiger partial charge in [-0.1, -0.05) is 26.3 Å². The molecule has 0 saturated heterocycles. The molecule has 0 aromatic carbocycles. The zero-order valence-corrected chi connectivity index (χ0v) is 10.3. The molecule has 0 heterocycles. The Morgan fingerprint density at radius 1 is 1.47 bits per heavy atom. The Morgan fingerprint density at radius 2 is 2.20 bits per heavy atom. The normalized spacial score (nSPS) is 18.1. The summed E-state index contributed by atoms with van der Waals surface area (Å²) in [7, 11) is 0. The van der Waals surface area contributed by atoms with Crippen molar-refractivity contribution in [3.05, 3.63) is 12.7 Å². The molecule has 0 aromatic heterocycles. The summed E-state index contributed by atoms with van der Waals surface area (Å²) in [4.78, 5) is 2.64. The molecule has 1 N–H and O–H groups in total. The first-order valence-electron chi connectivity index (χ1n) is 6.40. The second-order valence-electron chi connectivity index (χ2n) is 4.47. The molecule has 1 fully saturated rings. The maximum Gasteiger partial charge on any atom is 0.0226 e. The van der Waals surface area contributed by atoms with Crippen LogP contribution in [0.1, 0.15) is 39.5 Å². The summed E-state index contributed by atoms with van der Waals surface area (Å²) < 4.78 is 0. The molecule has 88 valence electrons. The van der Waals surface area contributed by atoms with Crippen molar-refractivity contribution >= 4 is 0 Å². The van der Waals surface area contributed by atoms with Crippen LogP contribution in [0.4, 0.5) is 0 Å². The monoisotopic (exact) mass is 210 g/mol. The molecule has 0 spiro atoms. The van der Waals surface area contributed by atoms with Crippen molar-refractivity contribution in [1.82, 2.24) is 10.2 Å². The van der Waals surface area contributed by atoms with Gasteiger partial charge in [-0.05, 0) is 25.8 Å². The first kappa shape index (κ1) is 12.7. The predicted molar refractivity (Wildman–Crippen MR) is 67.2 cm³/mol. The zero-order valence-electron chi connectivity index (χ0n) is 10.3. The molecule has 0 bridgehead atoms. The molecular formula is C13H26N2. The van der Waals surface area contributed by atoms with E-state index in [-0.39, 0.29) is 0 Å². The van der Waals surface area contributed by atoms with Crippen LogP contribution in [-0.4, -0.2) is 36.6 Å². The fraction of sp³-hybridized carbons (Fsp3) is 0.846. The van der Waals surface area contributed by atoms with E-state index in [0.29, 0.717) is 6.04 Å². The highest BCUT2D eigenvalue weighted by Crippen LogP contribution is 2.29. The van der Waals surface area contributed by atoms with E-state index in [1.807, 2.05) is 6.08 Å². The third-order valence-electron chi connectivity index (χ3n) is 3.08. The first-order valence-corrected chi connectivity index (χ1v) is 6.40. The average Bonchev–Trinajstić information content (AvgIpc) is 3.05. The highest BCUT2D eigenvalue weighted by Gasteiger charge is 2.32. The number of hydrogen-bond donors (Lipinski definition) is 1. The van der Waals surface area contributed by atoms with Crippen LogP contribution < -0.4 is 5.32 Å². The lowest BCUT2D eigenvalue weighted by atomic mass is 10.1. The highest BCUT2D eigenvalue weighted by atomic mass is 15.2. The van der Waals surface area contributed by atoms with Crippen LogP contribution in [0.3, 0.4) is 0 Å². The first-order chi connectivity index (χ1) is 7.33. The van der Waals surface area contributed by atoms with Crippen LogP contribution in [0.5, 0.6) is 0 Å². The van der Waals surface area contributed by atoms with Crippen molar-refractivity contribution in [2.45, 2.75) is 51.6 Å². The Hall–Kier alpha value is -0.340. The molecule has 0 radical (unpaired) electrons. The van der Waals surface area contributed by atoms with Gasteiger partial charge in [-0.15, -0.1) is 6.58 Å². The Morgan fingerprint density at radius 3 is 2.67 bits per heavy atom. The minimum atomic E-state index is 0.709. The number of likely N-dealkylation sites (N-methyl/N-ethyl adjacent to an activating group) is 1. The highest BCUT2D eigenvalue weighted by molar-refractivity contribution is 4.92. The van der Waals surface area contributed by atoms with Gasteiger partial charge in [-0.25, -0.2) is 0 Å². The van der Waals surface area contributed by atoms with Gasteiger partial charge in [0.25, 0.3) is 0 Å². The van der Waals surface area contributed by atoms with Gasteiger partial charge in [0.2, 0.25) is 0 Å². The fourth-order valence-corrected chi connectivity index (χ4v) is 2.18. The molecule has 0 aromatic rings. The maximum atomic E-state index is 3.87. The van der Waals surface area contributed by atoms with Crippen LogP contribution in [-0.2, 0) is 0 Å².